The highest BCUT2D eigenvalue weighted by Gasteiger charge is 2.40. The first kappa shape index (κ1) is 15.9. The third kappa shape index (κ3) is 3.45. The van der Waals surface area contributed by atoms with Crippen molar-refractivity contribution in [3.63, 3.8) is 0 Å². The first-order valence-electron chi connectivity index (χ1n) is 5.61. The minimum absolute atomic E-state index is 0.0813. The standard InChI is InChI=1S/C12H15Cl2N3O2/c13-8-3-2-7(6-9(8)14)10(18)12(17,11(16)19)4-1-5-15/h2-3,6H,1,4-5,15,17H2,(H2,16,19)/t12-/m1/s1. The van der Waals surface area contributed by atoms with Crippen LogP contribution in [0.15, 0.2) is 18.2 Å². The molecule has 19 heavy (non-hydrogen) atoms. The molecule has 0 aromatic heterocycles. The Kier molecular flexibility index (Phi) is 5.31. The van der Waals surface area contributed by atoms with E-state index >= 15 is 0 Å². The zero-order valence-corrected chi connectivity index (χ0v) is 11.7. The number of rotatable bonds is 6. The molecule has 0 saturated carbocycles. The van der Waals surface area contributed by atoms with E-state index < -0.39 is 17.2 Å². The molecule has 104 valence electrons. The number of hydrogen-bond acceptors (Lipinski definition) is 4. The monoisotopic (exact) mass is 303 g/mol. The Hall–Kier alpha value is -1.14. The van der Waals surface area contributed by atoms with Gasteiger partial charge in [-0.15, -0.1) is 0 Å². The van der Waals surface area contributed by atoms with Gasteiger partial charge in [-0.2, -0.15) is 0 Å². The Bertz CT molecular complexity index is 508. The lowest BCUT2D eigenvalue weighted by Gasteiger charge is -2.24. The summed E-state index contributed by atoms with van der Waals surface area (Å²) in [6, 6.07) is 4.27. The van der Waals surface area contributed by atoms with Crippen molar-refractivity contribution in [2.75, 3.05) is 6.54 Å². The van der Waals surface area contributed by atoms with Crippen LogP contribution in [0.4, 0.5) is 0 Å². The fourth-order valence-electron chi connectivity index (χ4n) is 1.62. The van der Waals surface area contributed by atoms with Crippen molar-refractivity contribution < 1.29 is 9.59 Å². The van der Waals surface area contributed by atoms with Crippen molar-refractivity contribution in [1.29, 1.82) is 0 Å². The largest absolute Gasteiger partial charge is 0.368 e. The maximum absolute atomic E-state index is 12.3. The van der Waals surface area contributed by atoms with E-state index in [1.54, 1.807) is 0 Å². The average molecular weight is 304 g/mol. The van der Waals surface area contributed by atoms with Crippen LogP contribution in [0.1, 0.15) is 23.2 Å². The molecule has 1 rings (SSSR count). The minimum atomic E-state index is -1.78. The molecule has 0 unspecified atom stereocenters. The highest BCUT2D eigenvalue weighted by molar-refractivity contribution is 6.42. The van der Waals surface area contributed by atoms with E-state index in [1.165, 1.54) is 18.2 Å². The summed E-state index contributed by atoms with van der Waals surface area (Å²) in [4.78, 5) is 23.8. The van der Waals surface area contributed by atoms with Crippen LogP contribution in [0.5, 0.6) is 0 Å². The van der Waals surface area contributed by atoms with Crippen molar-refractivity contribution in [3.05, 3.63) is 33.8 Å². The van der Waals surface area contributed by atoms with Gasteiger partial charge in [0.05, 0.1) is 10.0 Å². The number of carbonyl (C=O) groups excluding carboxylic acids is 2. The smallest absolute Gasteiger partial charge is 0.245 e. The number of ketones is 1. The fraction of sp³-hybridized carbons (Fsp3) is 0.333. The molecule has 1 atom stereocenters. The van der Waals surface area contributed by atoms with Gasteiger partial charge in [0.15, 0.2) is 11.3 Å². The van der Waals surface area contributed by atoms with E-state index in [0.717, 1.165) is 0 Å². The van der Waals surface area contributed by atoms with Gasteiger partial charge >= 0.3 is 0 Å². The van der Waals surface area contributed by atoms with Crippen LogP contribution < -0.4 is 17.2 Å². The van der Waals surface area contributed by atoms with Gasteiger partial charge in [-0.25, -0.2) is 0 Å². The summed E-state index contributed by atoms with van der Waals surface area (Å²) in [5.74, 6) is -1.48. The van der Waals surface area contributed by atoms with Crippen LogP contribution in [-0.2, 0) is 4.79 Å². The predicted octanol–water partition coefficient (Wildman–Crippen LogP) is 1.10. The van der Waals surface area contributed by atoms with Crippen molar-refractivity contribution in [2.24, 2.45) is 17.2 Å². The molecule has 0 spiro atoms. The second-order valence-electron chi connectivity index (χ2n) is 4.19. The van der Waals surface area contributed by atoms with E-state index in [2.05, 4.69) is 0 Å². The first-order valence-corrected chi connectivity index (χ1v) is 6.37. The second kappa shape index (κ2) is 6.34. The maximum atomic E-state index is 12.3. The molecule has 1 aromatic carbocycles. The number of primary amides is 1. The van der Waals surface area contributed by atoms with Gasteiger partial charge in [-0.05, 0) is 37.6 Å². The highest BCUT2D eigenvalue weighted by Crippen LogP contribution is 2.25. The molecule has 0 aliphatic heterocycles. The Balaban J connectivity index is 3.12. The lowest BCUT2D eigenvalue weighted by atomic mass is 9.85. The van der Waals surface area contributed by atoms with Gasteiger partial charge in [0.1, 0.15) is 0 Å². The normalized spacial score (nSPS) is 13.9. The van der Waals surface area contributed by atoms with Crippen molar-refractivity contribution >= 4 is 34.9 Å². The van der Waals surface area contributed by atoms with Crippen molar-refractivity contribution in [3.8, 4) is 0 Å². The lowest BCUT2D eigenvalue weighted by molar-refractivity contribution is -0.121. The summed E-state index contributed by atoms with van der Waals surface area (Å²) in [6.45, 7) is 0.306. The van der Waals surface area contributed by atoms with Crippen molar-refractivity contribution in [2.45, 2.75) is 18.4 Å². The maximum Gasteiger partial charge on any atom is 0.245 e. The summed E-state index contributed by atoms with van der Waals surface area (Å²) in [7, 11) is 0. The molecule has 1 amide bonds. The van der Waals surface area contributed by atoms with Gasteiger partial charge in [-0.1, -0.05) is 23.2 Å². The molecule has 5 nitrogen and oxygen atoms in total. The van der Waals surface area contributed by atoms with Gasteiger partial charge < -0.3 is 17.2 Å². The number of amides is 1. The summed E-state index contributed by atoms with van der Waals surface area (Å²) >= 11 is 11.6. The van der Waals surface area contributed by atoms with E-state index in [9.17, 15) is 9.59 Å². The molecule has 1 aromatic rings. The first-order chi connectivity index (χ1) is 8.82. The number of carbonyl (C=O) groups is 2. The van der Waals surface area contributed by atoms with Crippen LogP contribution >= 0.6 is 23.2 Å². The molecule has 0 saturated heterocycles. The van der Waals surface area contributed by atoms with Crippen LogP contribution in [0, 0.1) is 0 Å². The summed E-state index contributed by atoms with van der Waals surface area (Å²) < 4.78 is 0. The summed E-state index contributed by atoms with van der Waals surface area (Å²) in [6.07, 6.45) is 0.490. The van der Waals surface area contributed by atoms with Crippen molar-refractivity contribution in [1.82, 2.24) is 0 Å². The molecule has 6 N–H and O–H groups in total. The number of nitrogens with two attached hydrogens (primary N) is 3. The minimum Gasteiger partial charge on any atom is -0.368 e. The van der Waals surface area contributed by atoms with Gasteiger partial charge in [0.25, 0.3) is 0 Å². The molecular formula is C12H15Cl2N3O2. The molecule has 0 bridgehead atoms. The Morgan fingerprint density at radius 3 is 2.32 bits per heavy atom. The van der Waals surface area contributed by atoms with Gasteiger partial charge in [-0.3, -0.25) is 9.59 Å². The zero-order valence-electron chi connectivity index (χ0n) is 10.2. The Morgan fingerprint density at radius 2 is 1.84 bits per heavy atom. The second-order valence-corrected chi connectivity index (χ2v) is 5.00. The van der Waals surface area contributed by atoms with Crippen LogP contribution in [0.25, 0.3) is 0 Å². The van der Waals surface area contributed by atoms with Crippen LogP contribution in [0.2, 0.25) is 10.0 Å². The Labute approximate surface area is 121 Å². The number of halogens is 2. The number of benzene rings is 1. The molecule has 0 aliphatic carbocycles. The fourth-order valence-corrected chi connectivity index (χ4v) is 1.92. The molecule has 0 radical (unpaired) electrons. The topological polar surface area (TPSA) is 112 Å². The van der Waals surface area contributed by atoms with Crippen LogP contribution in [0.3, 0.4) is 0 Å². The van der Waals surface area contributed by atoms with E-state index in [-0.39, 0.29) is 17.0 Å². The molecular weight excluding hydrogens is 289 g/mol. The van der Waals surface area contributed by atoms with Gasteiger partial charge in [0.2, 0.25) is 5.91 Å². The average Bonchev–Trinajstić information content (AvgIpc) is 2.38. The SMILES string of the molecule is NCCC[C@](N)(C(N)=O)C(=O)c1ccc(Cl)c(Cl)c1. The lowest BCUT2D eigenvalue weighted by Crippen LogP contribution is -2.58. The molecule has 0 fully saturated rings. The van der Waals surface area contributed by atoms with E-state index in [4.69, 9.17) is 40.4 Å². The Morgan fingerprint density at radius 1 is 1.21 bits per heavy atom. The van der Waals surface area contributed by atoms with Gasteiger partial charge in [0, 0.05) is 5.56 Å². The molecule has 0 aliphatic rings. The van der Waals surface area contributed by atoms with E-state index in [1.807, 2.05) is 0 Å². The van der Waals surface area contributed by atoms with E-state index in [0.29, 0.717) is 18.0 Å². The number of Topliss-reactive ketones (excluding diaryl/α,β-unsaturated/α-hetero) is 1. The third-order valence-electron chi connectivity index (χ3n) is 2.80. The third-order valence-corrected chi connectivity index (χ3v) is 3.54. The summed E-state index contributed by atoms with van der Waals surface area (Å²) in [5.41, 5.74) is 14.8. The van der Waals surface area contributed by atoms with Crippen LogP contribution in [-0.4, -0.2) is 23.8 Å². The zero-order chi connectivity index (χ0) is 14.6. The quantitative estimate of drug-likeness (QED) is 0.539. The molecule has 7 heteroatoms. The predicted molar refractivity (Wildman–Crippen MR) is 75.2 cm³/mol. The molecule has 0 heterocycles. The number of hydrogen-bond donors (Lipinski definition) is 3. The summed E-state index contributed by atoms with van der Waals surface area (Å²) in [5, 5.41) is 0.514. The highest BCUT2D eigenvalue weighted by atomic mass is 35.5.